The molecule has 3 aromatic carbocycles. The number of hydrogen-bond donors (Lipinski definition) is 2. The molecule has 34 heavy (non-hydrogen) atoms. The summed E-state index contributed by atoms with van der Waals surface area (Å²) < 4.78 is 21.4. The van der Waals surface area contributed by atoms with E-state index in [1.54, 1.807) is 62.9 Å². The molecule has 9 heteroatoms. The van der Waals surface area contributed by atoms with Crippen LogP contribution in [0, 0.1) is 0 Å². The van der Waals surface area contributed by atoms with Crippen molar-refractivity contribution >= 4 is 35.2 Å². The van der Waals surface area contributed by atoms with Crippen LogP contribution >= 0.6 is 12.2 Å². The molecule has 8 nitrogen and oxygen atoms in total. The van der Waals surface area contributed by atoms with Crippen LogP contribution in [0.15, 0.2) is 71.8 Å². The first-order valence-electron chi connectivity index (χ1n) is 10.4. The van der Waals surface area contributed by atoms with Crippen LogP contribution in [0.3, 0.4) is 0 Å². The van der Waals surface area contributed by atoms with Gasteiger partial charge in [-0.2, -0.15) is 5.10 Å². The Balaban J connectivity index is 1.62. The van der Waals surface area contributed by atoms with Gasteiger partial charge in [0.25, 0.3) is 0 Å². The molecule has 176 valence electrons. The molecule has 0 aliphatic heterocycles. The summed E-state index contributed by atoms with van der Waals surface area (Å²) in [4.78, 5) is 12.5. The van der Waals surface area contributed by atoms with Crippen molar-refractivity contribution in [2.45, 2.75) is 6.92 Å². The molecule has 0 unspecified atom stereocenters. The molecule has 0 saturated carbocycles. The zero-order chi connectivity index (χ0) is 24.3. The second-order valence-electron chi connectivity index (χ2n) is 6.81. The Labute approximate surface area is 203 Å². The largest absolute Gasteiger partial charge is 0.497 e. The quantitative estimate of drug-likeness (QED) is 0.151. The summed E-state index contributed by atoms with van der Waals surface area (Å²) in [6.45, 7) is 2.25. The van der Waals surface area contributed by atoms with E-state index in [9.17, 15) is 4.79 Å². The van der Waals surface area contributed by atoms with Crippen molar-refractivity contribution in [3.63, 3.8) is 0 Å². The minimum absolute atomic E-state index is 0.310. The number of rotatable bonds is 9. The Bertz CT molecular complexity index is 1150. The van der Waals surface area contributed by atoms with Crippen LogP contribution in [0.25, 0.3) is 0 Å². The van der Waals surface area contributed by atoms with Crippen LogP contribution < -0.4 is 29.7 Å². The second-order valence-corrected chi connectivity index (χ2v) is 7.22. The van der Waals surface area contributed by atoms with Crippen molar-refractivity contribution in [1.29, 1.82) is 0 Å². The van der Waals surface area contributed by atoms with Crippen molar-refractivity contribution in [2.75, 3.05) is 26.1 Å². The Morgan fingerprint density at radius 3 is 2.21 bits per heavy atom. The van der Waals surface area contributed by atoms with Crippen molar-refractivity contribution in [1.82, 2.24) is 5.43 Å². The summed E-state index contributed by atoms with van der Waals surface area (Å²) in [7, 11) is 3.17. The molecule has 0 aliphatic carbocycles. The number of carbonyl (C=O) groups is 1. The summed E-state index contributed by atoms with van der Waals surface area (Å²) in [6, 6.07) is 19.1. The molecule has 0 spiro atoms. The first-order chi connectivity index (χ1) is 16.5. The van der Waals surface area contributed by atoms with Gasteiger partial charge in [0.05, 0.1) is 32.6 Å². The summed E-state index contributed by atoms with van der Waals surface area (Å²) in [5, 5.41) is 7.50. The lowest BCUT2D eigenvalue weighted by atomic mass is 10.2. The van der Waals surface area contributed by atoms with E-state index in [1.807, 2.05) is 31.2 Å². The maximum absolute atomic E-state index is 12.5. The SMILES string of the molecule is CCOc1cc(/C=N\NC(=S)Nc2ccc(OC)cc2)ccc1OC(=O)c1ccc(OC)cc1. The van der Waals surface area contributed by atoms with Gasteiger partial charge in [0.1, 0.15) is 11.5 Å². The number of nitrogens with zero attached hydrogens (tertiary/aromatic N) is 1. The van der Waals surface area contributed by atoms with Crippen molar-refractivity contribution in [3.8, 4) is 23.0 Å². The molecule has 0 aromatic heterocycles. The molecule has 0 saturated heterocycles. The molecule has 0 aliphatic rings. The standard InChI is InChI=1S/C25H25N3O5S/c1-4-32-23-15-17(16-26-28-25(34)27-19-8-12-21(31-3)13-9-19)5-14-22(23)33-24(29)18-6-10-20(30-2)11-7-18/h5-16H,4H2,1-3H3,(H2,27,28,34)/b26-16-. The highest BCUT2D eigenvalue weighted by Gasteiger charge is 2.13. The lowest BCUT2D eigenvalue weighted by Crippen LogP contribution is -2.23. The van der Waals surface area contributed by atoms with Crippen LogP contribution in [0.2, 0.25) is 0 Å². The molecule has 0 bridgehead atoms. The zero-order valence-corrected chi connectivity index (χ0v) is 19.8. The number of hydrogen-bond acceptors (Lipinski definition) is 7. The van der Waals surface area contributed by atoms with Gasteiger partial charge in [0.2, 0.25) is 0 Å². The number of methoxy groups -OCH3 is 2. The van der Waals surface area contributed by atoms with E-state index in [0.29, 0.717) is 34.5 Å². The van der Waals surface area contributed by atoms with E-state index in [-0.39, 0.29) is 0 Å². The van der Waals surface area contributed by atoms with Gasteiger partial charge in [-0.25, -0.2) is 4.79 Å². The number of ether oxygens (including phenoxy) is 4. The highest BCUT2D eigenvalue weighted by Crippen LogP contribution is 2.29. The summed E-state index contributed by atoms with van der Waals surface area (Å²) in [5.41, 5.74) is 4.69. The molecular weight excluding hydrogens is 454 g/mol. The van der Waals surface area contributed by atoms with Gasteiger partial charge in [-0.15, -0.1) is 0 Å². The van der Waals surface area contributed by atoms with E-state index >= 15 is 0 Å². The number of anilines is 1. The van der Waals surface area contributed by atoms with E-state index in [2.05, 4.69) is 15.8 Å². The number of benzene rings is 3. The molecule has 0 amide bonds. The summed E-state index contributed by atoms with van der Waals surface area (Å²) >= 11 is 5.25. The third kappa shape index (κ3) is 6.94. The molecule has 0 atom stereocenters. The predicted octanol–water partition coefficient (Wildman–Crippen LogP) is 4.64. The molecule has 0 heterocycles. The number of carbonyl (C=O) groups excluding carboxylic acids is 1. The topological polar surface area (TPSA) is 90.4 Å². The number of thiocarbonyl (C=S) groups is 1. The van der Waals surface area contributed by atoms with Crippen LogP contribution in [-0.2, 0) is 0 Å². The fourth-order valence-electron chi connectivity index (χ4n) is 2.84. The first-order valence-corrected chi connectivity index (χ1v) is 10.8. The Morgan fingerprint density at radius 2 is 1.59 bits per heavy atom. The smallest absolute Gasteiger partial charge is 0.343 e. The average Bonchev–Trinajstić information content (AvgIpc) is 2.86. The molecule has 0 fully saturated rings. The number of esters is 1. The lowest BCUT2D eigenvalue weighted by Gasteiger charge is -2.12. The highest BCUT2D eigenvalue weighted by atomic mass is 32.1. The Hall–Kier alpha value is -4.11. The van der Waals surface area contributed by atoms with Gasteiger partial charge >= 0.3 is 5.97 Å². The lowest BCUT2D eigenvalue weighted by molar-refractivity contribution is 0.0728. The molecule has 2 N–H and O–H groups in total. The van der Waals surface area contributed by atoms with Crippen LogP contribution in [0.4, 0.5) is 5.69 Å². The highest BCUT2D eigenvalue weighted by molar-refractivity contribution is 7.80. The predicted molar refractivity (Wildman–Crippen MR) is 136 cm³/mol. The summed E-state index contributed by atoms with van der Waals surface area (Å²) in [5.74, 6) is 1.64. The normalized spacial score (nSPS) is 10.4. The van der Waals surface area contributed by atoms with Gasteiger partial charge in [-0.1, -0.05) is 0 Å². The maximum Gasteiger partial charge on any atom is 0.343 e. The Morgan fingerprint density at radius 1 is 0.941 bits per heavy atom. The monoisotopic (exact) mass is 479 g/mol. The van der Waals surface area contributed by atoms with Crippen LogP contribution in [-0.4, -0.2) is 38.1 Å². The van der Waals surface area contributed by atoms with E-state index in [0.717, 1.165) is 17.0 Å². The van der Waals surface area contributed by atoms with Crippen LogP contribution in [0.5, 0.6) is 23.0 Å². The zero-order valence-electron chi connectivity index (χ0n) is 19.0. The van der Waals surface area contributed by atoms with Gasteiger partial charge in [0, 0.05) is 5.69 Å². The molecule has 3 rings (SSSR count). The second kappa shape index (κ2) is 12.2. The average molecular weight is 480 g/mol. The third-order valence-corrected chi connectivity index (χ3v) is 4.72. The van der Waals surface area contributed by atoms with Gasteiger partial charge in [-0.3, -0.25) is 5.43 Å². The fraction of sp³-hybridized carbons (Fsp3) is 0.160. The van der Waals surface area contributed by atoms with Gasteiger partial charge in [0.15, 0.2) is 16.6 Å². The van der Waals surface area contributed by atoms with Crippen LogP contribution in [0.1, 0.15) is 22.8 Å². The Kier molecular flexibility index (Phi) is 8.81. The van der Waals surface area contributed by atoms with Gasteiger partial charge < -0.3 is 24.3 Å². The summed E-state index contributed by atoms with van der Waals surface area (Å²) in [6.07, 6.45) is 1.58. The van der Waals surface area contributed by atoms with E-state index in [1.165, 1.54) is 0 Å². The minimum Gasteiger partial charge on any atom is -0.497 e. The van der Waals surface area contributed by atoms with Gasteiger partial charge in [-0.05, 0) is 91.4 Å². The fourth-order valence-corrected chi connectivity index (χ4v) is 3.01. The number of nitrogens with one attached hydrogen (secondary N) is 2. The van der Waals surface area contributed by atoms with Crippen molar-refractivity contribution < 1.29 is 23.7 Å². The third-order valence-electron chi connectivity index (χ3n) is 4.52. The molecule has 3 aromatic rings. The molecule has 0 radical (unpaired) electrons. The van der Waals surface area contributed by atoms with Crippen molar-refractivity contribution in [2.24, 2.45) is 5.10 Å². The van der Waals surface area contributed by atoms with E-state index in [4.69, 9.17) is 31.2 Å². The first kappa shape index (κ1) is 24.5. The minimum atomic E-state index is -0.498. The molecular formula is C25H25N3O5S. The van der Waals surface area contributed by atoms with E-state index < -0.39 is 5.97 Å². The van der Waals surface area contributed by atoms with Crippen molar-refractivity contribution in [3.05, 3.63) is 77.9 Å². The maximum atomic E-state index is 12.5. The number of hydrazone groups is 1.